The fourth-order valence-electron chi connectivity index (χ4n) is 2.29. The zero-order valence-electron chi connectivity index (χ0n) is 12.6. The summed E-state index contributed by atoms with van der Waals surface area (Å²) >= 11 is 0. The average molecular weight is 351 g/mol. The van der Waals surface area contributed by atoms with Gasteiger partial charge in [-0.15, -0.1) is 0 Å². The number of aromatic nitrogens is 4. The molecular weight excluding hydrogens is 339 g/mol. The van der Waals surface area contributed by atoms with Crippen molar-refractivity contribution in [2.75, 3.05) is 13.2 Å². The van der Waals surface area contributed by atoms with Crippen LogP contribution in [0.1, 0.15) is 16.2 Å². The molecule has 0 radical (unpaired) electrons. The Hall–Kier alpha value is -3.01. The number of aromatic amines is 1. The SMILES string of the molecule is O=C(NCCO)c1ncc(-c2cc(C(F)(F)F)cc3[nH]ncc23)cn1. The lowest BCUT2D eigenvalue weighted by Crippen LogP contribution is -2.28. The number of halogens is 3. The number of hydrogen-bond acceptors (Lipinski definition) is 5. The second kappa shape index (κ2) is 6.48. The molecule has 0 aliphatic rings. The van der Waals surface area contributed by atoms with Crippen LogP contribution >= 0.6 is 0 Å². The van der Waals surface area contributed by atoms with E-state index < -0.39 is 17.6 Å². The van der Waals surface area contributed by atoms with Crippen LogP contribution in [0.3, 0.4) is 0 Å². The van der Waals surface area contributed by atoms with Crippen molar-refractivity contribution >= 4 is 16.8 Å². The lowest BCUT2D eigenvalue weighted by atomic mass is 10.0. The maximum absolute atomic E-state index is 13.1. The van der Waals surface area contributed by atoms with Gasteiger partial charge in [-0.05, 0) is 17.7 Å². The summed E-state index contributed by atoms with van der Waals surface area (Å²) in [5.74, 6) is -0.731. The van der Waals surface area contributed by atoms with Gasteiger partial charge in [0.25, 0.3) is 5.91 Å². The summed E-state index contributed by atoms with van der Waals surface area (Å²) in [6.07, 6.45) is -0.572. The van der Waals surface area contributed by atoms with Crippen molar-refractivity contribution in [3.8, 4) is 11.1 Å². The molecule has 7 nitrogen and oxygen atoms in total. The first-order valence-corrected chi connectivity index (χ1v) is 7.16. The molecule has 2 aromatic heterocycles. The molecule has 0 unspecified atom stereocenters. The number of fused-ring (bicyclic) bond motifs is 1. The Balaban J connectivity index is 2.01. The van der Waals surface area contributed by atoms with E-state index in [9.17, 15) is 18.0 Å². The zero-order valence-corrected chi connectivity index (χ0v) is 12.6. The topological polar surface area (TPSA) is 104 Å². The van der Waals surface area contributed by atoms with Crippen molar-refractivity contribution < 1.29 is 23.1 Å². The molecule has 1 amide bonds. The van der Waals surface area contributed by atoms with Crippen molar-refractivity contribution in [2.45, 2.75) is 6.18 Å². The molecule has 0 saturated heterocycles. The van der Waals surface area contributed by atoms with E-state index in [-0.39, 0.29) is 30.1 Å². The Labute approximate surface area is 138 Å². The summed E-state index contributed by atoms with van der Waals surface area (Å²) in [5.41, 5.74) is -0.0318. The van der Waals surface area contributed by atoms with Gasteiger partial charge in [-0.2, -0.15) is 18.3 Å². The Bertz CT molecular complexity index is 906. The third-order valence-electron chi connectivity index (χ3n) is 3.45. The summed E-state index contributed by atoms with van der Waals surface area (Å²) in [6.45, 7) is -0.181. The number of carbonyl (C=O) groups is 1. The minimum absolute atomic E-state index is 0.0488. The lowest BCUT2D eigenvalue weighted by molar-refractivity contribution is -0.137. The first kappa shape index (κ1) is 16.8. The van der Waals surface area contributed by atoms with Crippen LogP contribution in [0.5, 0.6) is 0 Å². The number of aliphatic hydroxyl groups is 1. The molecule has 25 heavy (non-hydrogen) atoms. The van der Waals surface area contributed by atoms with Gasteiger partial charge < -0.3 is 10.4 Å². The van der Waals surface area contributed by atoms with Gasteiger partial charge in [0.1, 0.15) is 0 Å². The summed E-state index contributed by atoms with van der Waals surface area (Å²) in [7, 11) is 0. The monoisotopic (exact) mass is 351 g/mol. The molecule has 0 saturated carbocycles. The summed E-state index contributed by atoms with van der Waals surface area (Å²) < 4.78 is 39.2. The van der Waals surface area contributed by atoms with Gasteiger partial charge in [0, 0.05) is 29.9 Å². The van der Waals surface area contributed by atoms with Crippen LogP contribution in [0.25, 0.3) is 22.0 Å². The van der Waals surface area contributed by atoms with Crippen LogP contribution in [0.15, 0.2) is 30.7 Å². The van der Waals surface area contributed by atoms with Gasteiger partial charge in [0.2, 0.25) is 5.82 Å². The van der Waals surface area contributed by atoms with Crippen molar-refractivity contribution in [1.29, 1.82) is 0 Å². The van der Waals surface area contributed by atoms with Gasteiger partial charge in [-0.25, -0.2) is 9.97 Å². The molecule has 0 fully saturated rings. The zero-order chi connectivity index (χ0) is 18.0. The molecule has 10 heteroatoms. The molecule has 130 valence electrons. The van der Waals surface area contributed by atoms with E-state index in [1.165, 1.54) is 18.6 Å². The quantitative estimate of drug-likeness (QED) is 0.664. The normalized spacial score (nSPS) is 11.7. The highest BCUT2D eigenvalue weighted by atomic mass is 19.4. The molecule has 3 aromatic rings. The fourth-order valence-corrected chi connectivity index (χ4v) is 2.29. The molecule has 0 bridgehead atoms. The Morgan fingerprint density at radius 2 is 1.92 bits per heavy atom. The predicted octanol–water partition coefficient (Wildman–Crippen LogP) is 1.76. The molecule has 0 aliphatic heterocycles. The number of carbonyl (C=O) groups excluding carboxylic acids is 1. The number of H-pyrrole nitrogens is 1. The predicted molar refractivity (Wildman–Crippen MR) is 81.5 cm³/mol. The number of benzene rings is 1. The van der Waals surface area contributed by atoms with Crippen LogP contribution in [-0.2, 0) is 6.18 Å². The standard InChI is InChI=1S/C15H12F3N5O2/c16-15(17,18)9-3-10(11-7-22-23-12(11)4-9)8-5-20-13(21-6-8)14(25)19-1-2-24/h3-7,24H,1-2H2,(H,19,25)(H,22,23). The second-order valence-corrected chi connectivity index (χ2v) is 5.13. The number of alkyl halides is 3. The van der Waals surface area contributed by atoms with Gasteiger partial charge in [0.15, 0.2) is 0 Å². The van der Waals surface area contributed by atoms with E-state index in [1.54, 1.807) is 0 Å². The van der Waals surface area contributed by atoms with Crippen molar-refractivity contribution in [2.24, 2.45) is 0 Å². The Kier molecular flexibility index (Phi) is 4.36. The third kappa shape index (κ3) is 3.43. The van der Waals surface area contributed by atoms with Crippen molar-refractivity contribution in [1.82, 2.24) is 25.5 Å². The average Bonchev–Trinajstić information content (AvgIpc) is 3.07. The highest BCUT2D eigenvalue weighted by Gasteiger charge is 2.31. The van der Waals surface area contributed by atoms with Crippen LogP contribution in [0.2, 0.25) is 0 Å². The Morgan fingerprint density at radius 3 is 2.56 bits per heavy atom. The molecule has 3 N–H and O–H groups in total. The van der Waals surface area contributed by atoms with Crippen LogP contribution < -0.4 is 5.32 Å². The summed E-state index contributed by atoms with van der Waals surface area (Å²) in [5, 5.41) is 17.8. The lowest BCUT2D eigenvalue weighted by Gasteiger charge is -2.10. The van der Waals surface area contributed by atoms with Gasteiger partial charge in [0.05, 0.1) is 23.9 Å². The largest absolute Gasteiger partial charge is 0.416 e. The van der Waals surface area contributed by atoms with Crippen molar-refractivity contribution in [3.05, 3.63) is 42.1 Å². The molecular formula is C15H12F3N5O2. The highest BCUT2D eigenvalue weighted by molar-refractivity contribution is 5.95. The number of nitrogens with zero attached hydrogens (tertiary/aromatic N) is 3. The van der Waals surface area contributed by atoms with E-state index in [2.05, 4.69) is 25.5 Å². The molecule has 0 aliphatic carbocycles. The van der Waals surface area contributed by atoms with E-state index >= 15 is 0 Å². The molecule has 2 heterocycles. The van der Waals surface area contributed by atoms with E-state index in [4.69, 9.17) is 5.11 Å². The number of hydrogen-bond donors (Lipinski definition) is 3. The number of amides is 1. The first-order valence-electron chi connectivity index (χ1n) is 7.16. The second-order valence-electron chi connectivity index (χ2n) is 5.13. The first-order chi connectivity index (χ1) is 11.9. The van der Waals surface area contributed by atoms with Crippen LogP contribution in [0.4, 0.5) is 13.2 Å². The van der Waals surface area contributed by atoms with Gasteiger partial charge in [-0.3, -0.25) is 9.89 Å². The van der Waals surface area contributed by atoms with E-state index in [0.717, 1.165) is 12.1 Å². The van der Waals surface area contributed by atoms with Crippen LogP contribution in [0, 0.1) is 0 Å². The van der Waals surface area contributed by atoms with Crippen LogP contribution in [-0.4, -0.2) is 44.3 Å². The van der Waals surface area contributed by atoms with Gasteiger partial charge >= 0.3 is 6.18 Å². The molecule has 0 atom stereocenters. The summed E-state index contributed by atoms with van der Waals surface area (Å²) in [4.78, 5) is 19.4. The molecule has 0 spiro atoms. The number of aliphatic hydroxyl groups excluding tert-OH is 1. The minimum atomic E-state index is -4.51. The van der Waals surface area contributed by atoms with Gasteiger partial charge in [-0.1, -0.05) is 0 Å². The van der Waals surface area contributed by atoms with Crippen molar-refractivity contribution in [3.63, 3.8) is 0 Å². The third-order valence-corrected chi connectivity index (χ3v) is 3.45. The Morgan fingerprint density at radius 1 is 1.20 bits per heavy atom. The fraction of sp³-hybridized carbons (Fsp3) is 0.200. The molecule has 1 aromatic carbocycles. The number of nitrogens with one attached hydrogen (secondary N) is 2. The smallest absolute Gasteiger partial charge is 0.395 e. The number of rotatable bonds is 4. The highest BCUT2D eigenvalue weighted by Crippen LogP contribution is 2.36. The maximum atomic E-state index is 13.1. The van der Waals surface area contributed by atoms with E-state index in [1.807, 2.05) is 0 Å². The maximum Gasteiger partial charge on any atom is 0.416 e. The summed E-state index contributed by atoms with van der Waals surface area (Å²) in [6, 6.07) is 1.96. The minimum Gasteiger partial charge on any atom is -0.395 e. The van der Waals surface area contributed by atoms with E-state index in [0.29, 0.717) is 10.9 Å². The molecule has 3 rings (SSSR count).